The molecule has 22 heteroatoms. The lowest BCUT2D eigenvalue weighted by Gasteiger charge is -2.48. The quantitative estimate of drug-likeness (QED) is 0.0143. The van der Waals surface area contributed by atoms with Crippen LogP contribution in [0.5, 0.6) is 0 Å². The number of rotatable bonds is 49. The summed E-state index contributed by atoms with van der Waals surface area (Å²) in [4.78, 5) is 0. The zero-order valence-corrected chi connectivity index (χ0v) is 64.8. The lowest BCUT2D eigenvalue weighted by Crippen LogP contribution is -2.64. The molecule has 7 rings (SSSR count). The van der Waals surface area contributed by atoms with Crippen molar-refractivity contribution in [3.05, 3.63) is 212 Å². The number of benzene rings is 7. The lowest BCUT2D eigenvalue weighted by molar-refractivity contribution is 0.229. The van der Waals surface area contributed by atoms with Gasteiger partial charge in [0.05, 0.1) is 0 Å². The van der Waals surface area contributed by atoms with E-state index in [-0.39, 0.29) is 0 Å². The molecule has 0 amide bonds. The van der Waals surface area contributed by atoms with Crippen LogP contribution in [-0.2, 0) is 33.5 Å². The van der Waals surface area contributed by atoms with E-state index in [1.165, 1.54) is 0 Å². The summed E-state index contributed by atoms with van der Waals surface area (Å²) < 4.78 is 61.2. The van der Waals surface area contributed by atoms with Gasteiger partial charge in [-0.3, -0.25) is 0 Å². The van der Waals surface area contributed by atoms with E-state index in [1.54, 1.807) is 0 Å². The molecule has 94 heavy (non-hydrogen) atoms. The Balaban J connectivity index is 1.25. The van der Waals surface area contributed by atoms with Crippen LogP contribution in [0.25, 0.3) is 0 Å². The minimum absolute atomic E-state index is 0.702. The summed E-state index contributed by atoms with van der Waals surface area (Å²) in [5, 5.41) is 25.8. The molecule has 0 aliphatic carbocycles. The van der Waals surface area contributed by atoms with Crippen molar-refractivity contribution < 1.29 is 33.5 Å². The topological polar surface area (TPSA) is 158 Å². The summed E-state index contributed by atoms with van der Waals surface area (Å²) in [6, 6.07) is 78.3. The van der Waals surface area contributed by atoms with Crippen molar-refractivity contribution in [1.82, 2.24) is 0 Å². The Morgan fingerprint density at radius 3 is 0.468 bits per heavy atom. The van der Waals surface area contributed by atoms with Crippen LogP contribution in [-0.4, -0.2) is 120 Å². The Labute approximate surface area is 572 Å². The average Bonchev–Trinajstić information content (AvgIpc) is 0.791. The van der Waals surface area contributed by atoms with Crippen LogP contribution >= 0.6 is 0 Å². The Kier molecular flexibility index (Phi) is 31.8. The van der Waals surface area contributed by atoms with Gasteiger partial charge >= 0.3 is 59.9 Å². The Hall–Kier alpha value is -5.66. The molecule has 0 radical (unpaired) electrons. The molecular weight excluding hydrogens is 1290 g/mol. The van der Waals surface area contributed by atoms with Gasteiger partial charge in [0.1, 0.15) is 0 Å². The molecule has 0 aliphatic heterocycles. The third-order valence-corrected chi connectivity index (χ3v) is 48.1. The van der Waals surface area contributed by atoms with Gasteiger partial charge in [0.25, 0.3) is 0 Å². The van der Waals surface area contributed by atoms with Crippen LogP contribution in [0.2, 0.25) is 88.1 Å². The first-order valence-corrected chi connectivity index (χ1v) is 51.9. The highest BCUT2D eigenvalue weighted by molar-refractivity contribution is 6.92. The second-order valence-corrected chi connectivity index (χ2v) is 50.8. The van der Waals surface area contributed by atoms with Crippen LogP contribution in [0.3, 0.4) is 0 Å². The molecule has 0 spiro atoms. The van der Waals surface area contributed by atoms with Gasteiger partial charge < -0.3 is 70.8 Å². The molecule has 7 N–H and O–H groups in total. The van der Waals surface area contributed by atoms with E-state index in [0.29, 0.717) is 18.1 Å². The number of para-hydroxylation sites is 7. The smallest absolute Gasteiger partial charge is 0.325 e. The van der Waals surface area contributed by atoms with E-state index in [0.717, 1.165) is 155 Å². The molecule has 0 aliphatic rings. The maximum absolute atomic E-state index is 8.22. The van der Waals surface area contributed by atoms with Gasteiger partial charge in [-0.2, -0.15) is 0 Å². The average molecular weight is 1400 g/mol. The first-order chi connectivity index (χ1) is 45.4. The van der Waals surface area contributed by atoms with Gasteiger partial charge in [-0.25, -0.2) is 0 Å². The lowest BCUT2D eigenvalue weighted by atomic mass is 10.3. The summed E-state index contributed by atoms with van der Waals surface area (Å²) >= 11 is 0. The van der Waals surface area contributed by atoms with E-state index in [2.05, 4.69) is 283 Å². The number of hydrogen-bond donors (Lipinski definition) is 7. The predicted molar refractivity (Wildman–Crippen MR) is 412 cm³/mol. The molecule has 7 aromatic rings. The highest BCUT2D eigenvalue weighted by atomic mass is 28.5. The van der Waals surface area contributed by atoms with Gasteiger partial charge in [0, 0.05) is 99.8 Å². The molecule has 0 aromatic heterocycles. The molecule has 0 heterocycles. The molecule has 6 atom stereocenters. The summed E-state index contributed by atoms with van der Waals surface area (Å²) in [6.45, 7) is 21.2. The first kappa shape index (κ1) is 75.7. The molecule has 510 valence electrons. The Bertz CT molecular complexity index is 2950. The monoisotopic (exact) mass is 1400 g/mol. The minimum Gasteiger partial charge on any atom is -0.416 e. The van der Waals surface area contributed by atoms with Crippen molar-refractivity contribution >= 4 is 99.7 Å². The highest BCUT2D eigenvalue weighted by Gasteiger charge is 2.55. The maximum Gasteiger partial charge on any atom is 0.325 e. The largest absolute Gasteiger partial charge is 0.416 e. The van der Waals surface area contributed by atoms with E-state index < -0.39 is 59.9 Å². The minimum atomic E-state index is -3.38. The normalized spacial score (nSPS) is 16.1. The van der Waals surface area contributed by atoms with Gasteiger partial charge in [-0.15, -0.1) is 0 Å². The zero-order chi connectivity index (χ0) is 66.7. The van der Waals surface area contributed by atoms with E-state index in [4.69, 9.17) is 33.5 Å². The number of anilines is 7. The third kappa shape index (κ3) is 28.6. The number of hydrogen-bond acceptors (Lipinski definition) is 15. The van der Waals surface area contributed by atoms with Crippen molar-refractivity contribution in [2.24, 2.45) is 0 Å². The molecule has 0 saturated heterocycles. The van der Waals surface area contributed by atoms with Gasteiger partial charge in [0.15, 0.2) is 0 Å². The highest BCUT2D eigenvalue weighted by Crippen LogP contribution is 2.38. The second-order valence-electron chi connectivity index (χ2n) is 25.7. The Morgan fingerprint density at radius 1 is 0.202 bits per heavy atom. The van der Waals surface area contributed by atoms with Crippen LogP contribution < -0.4 is 37.2 Å². The summed E-state index contributed by atoms with van der Waals surface area (Å²) in [6.07, 6.45) is 5.88. The van der Waals surface area contributed by atoms with E-state index >= 15 is 0 Å². The SMILES string of the molecule is CO[Si](C)(CCCNc1ccccc1)O[Si](C)(CCCNc1ccccc1)O[Si](C)(CCCNc1ccccc1)O[Si](C)(CCCNc1ccccc1)O[Si](C)(CCCNc1ccccc1)O[Si](C)(CCCNc1ccccc1)O[Si](C)(CCCNc1ccccc1)OC. The molecular formula is C72H111N7O8Si7. The molecule has 0 saturated carbocycles. The second kappa shape index (κ2) is 39.5. The van der Waals surface area contributed by atoms with Crippen molar-refractivity contribution in [2.75, 3.05) is 97.3 Å². The first-order valence-electron chi connectivity index (χ1n) is 34.2. The molecule has 15 nitrogen and oxygen atoms in total. The van der Waals surface area contributed by atoms with Crippen LogP contribution in [0.1, 0.15) is 44.9 Å². The third-order valence-electron chi connectivity index (χ3n) is 16.8. The number of nitrogens with one attached hydrogen (secondary N) is 7. The van der Waals surface area contributed by atoms with Crippen LogP contribution in [0.4, 0.5) is 39.8 Å². The molecule has 0 bridgehead atoms. The Morgan fingerprint density at radius 2 is 0.330 bits per heavy atom. The fourth-order valence-electron chi connectivity index (χ4n) is 12.1. The van der Waals surface area contributed by atoms with Gasteiger partial charge in [-0.1, -0.05) is 127 Å². The zero-order valence-electron chi connectivity index (χ0n) is 57.8. The van der Waals surface area contributed by atoms with E-state index in [9.17, 15) is 0 Å². The van der Waals surface area contributed by atoms with Crippen molar-refractivity contribution in [1.29, 1.82) is 0 Å². The fourth-order valence-corrected chi connectivity index (χ4v) is 48.5. The van der Waals surface area contributed by atoms with Crippen LogP contribution in [0, 0.1) is 0 Å². The summed E-state index contributed by atoms with van der Waals surface area (Å²) in [5.41, 5.74) is 7.64. The van der Waals surface area contributed by atoms with Crippen molar-refractivity contribution in [3.63, 3.8) is 0 Å². The maximum atomic E-state index is 8.22. The van der Waals surface area contributed by atoms with Gasteiger partial charge in [0.2, 0.25) is 0 Å². The fraction of sp³-hybridized carbons (Fsp3) is 0.417. The molecule has 6 unspecified atom stereocenters. The van der Waals surface area contributed by atoms with E-state index in [1.807, 2.05) is 26.4 Å². The van der Waals surface area contributed by atoms with Crippen molar-refractivity contribution in [2.45, 2.75) is 133 Å². The summed E-state index contributed by atoms with van der Waals surface area (Å²) in [5.74, 6) is 0. The van der Waals surface area contributed by atoms with Crippen LogP contribution in [0.15, 0.2) is 212 Å². The van der Waals surface area contributed by atoms with Gasteiger partial charge in [-0.05, 0) is 218 Å². The van der Waals surface area contributed by atoms with Crippen molar-refractivity contribution in [3.8, 4) is 0 Å². The predicted octanol–water partition coefficient (Wildman–Crippen LogP) is 18.4. The summed E-state index contributed by atoms with van der Waals surface area (Å²) in [7, 11) is -18.5. The molecule has 7 aromatic carbocycles. The molecule has 0 fully saturated rings. The standard InChI is InChI=1S/C72H111N7O8Si7/c1-80-88(3,59-31-52-73-66-38-17-10-18-39-66)82-90(5,61-33-54-75-68-42-21-12-22-43-68)84-92(7,63-35-56-77-70-46-25-14-26-47-70)86-94(9,65-37-58-79-72-50-29-16-30-51-72)87-93(8,64-36-57-78-71-48-27-15-28-49-71)85-91(6,62-34-55-76-69-44-23-13-24-45-69)83-89(4,81-2)60-32-53-74-67-40-19-11-20-41-67/h10-30,38-51,73-79H,31-37,52-65H2,1-9H3.